The molecule has 0 radical (unpaired) electrons. The fourth-order valence-electron chi connectivity index (χ4n) is 3.33. The number of rotatable bonds is 5. The Bertz CT molecular complexity index is 926. The minimum atomic E-state index is -0.102. The minimum absolute atomic E-state index is 0.102. The van der Waals surface area contributed by atoms with Gasteiger partial charge in [-0.05, 0) is 35.9 Å². The first-order valence-corrected chi connectivity index (χ1v) is 9.77. The van der Waals surface area contributed by atoms with Gasteiger partial charge in [-0.3, -0.25) is 9.88 Å². The van der Waals surface area contributed by atoms with Crippen LogP contribution in [0, 0.1) is 0 Å². The van der Waals surface area contributed by atoms with Crippen LogP contribution in [0.3, 0.4) is 0 Å². The lowest BCUT2D eigenvalue weighted by atomic mass is 10.2. The number of hydrogen-bond donors (Lipinski definition) is 1. The van der Waals surface area contributed by atoms with Crippen molar-refractivity contribution >= 4 is 11.7 Å². The third kappa shape index (κ3) is 5.12. The number of carbonyl (C=O) groups excluding carboxylic acids is 1. The van der Waals surface area contributed by atoms with Gasteiger partial charge in [-0.2, -0.15) is 0 Å². The molecule has 0 unspecified atom stereocenters. The fourth-order valence-corrected chi connectivity index (χ4v) is 3.33. The molecule has 0 bridgehead atoms. The first-order valence-electron chi connectivity index (χ1n) is 9.77. The molecule has 1 N–H and O–H groups in total. The van der Waals surface area contributed by atoms with Crippen LogP contribution in [0.2, 0.25) is 0 Å². The third-order valence-electron chi connectivity index (χ3n) is 4.89. The molecule has 1 saturated heterocycles. The molecule has 1 fully saturated rings. The van der Waals surface area contributed by atoms with Crippen molar-refractivity contribution in [2.75, 3.05) is 31.5 Å². The van der Waals surface area contributed by atoms with E-state index in [0.29, 0.717) is 24.5 Å². The average Bonchev–Trinajstić information content (AvgIpc) is 2.77. The second kappa shape index (κ2) is 9.21. The smallest absolute Gasteiger partial charge is 0.322 e. The predicted octanol–water partition coefficient (Wildman–Crippen LogP) is 4.22. The van der Waals surface area contributed by atoms with Crippen molar-refractivity contribution in [3.8, 4) is 11.5 Å². The summed E-state index contributed by atoms with van der Waals surface area (Å²) in [6, 6.07) is 21.0. The Morgan fingerprint density at radius 1 is 0.931 bits per heavy atom. The highest BCUT2D eigenvalue weighted by molar-refractivity contribution is 5.91. The highest BCUT2D eigenvalue weighted by Gasteiger charge is 2.22. The zero-order chi connectivity index (χ0) is 19.9. The summed E-state index contributed by atoms with van der Waals surface area (Å²) in [6.45, 7) is 3.91. The average molecular weight is 388 g/mol. The molecular weight excluding hydrogens is 364 g/mol. The molecule has 148 valence electrons. The summed E-state index contributed by atoms with van der Waals surface area (Å²) < 4.78 is 5.93. The Labute approximate surface area is 170 Å². The van der Waals surface area contributed by atoms with Gasteiger partial charge in [0.2, 0.25) is 0 Å². The number of aromatic nitrogens is 1. The molecule has 0 saturated carbocycles. The zero-order valence-corrected chi connectivity index (χ0v) is 16.2. The van der Waals surface area contributed by atoms with Gasteiger partial charge in [0.05, 0.1) is 5.69 Å². The largest absolute Gasteiger partial charge is 0.455 e. The number of urea groups is 1. The minimum Gasteiger partial charge on any atom is -0.455 e. The molecule has 0 spiro atoms. The second-order valence-corrected chi connectivity index (χ2v) is 6.97. The quantitative estimate of drug-likeness (QED) is 0.711. The summed E-state index contributed by atoms with van der Waals surface area (Å²) in [7, 11) is 0. The van der Waals surface area contributed by atoms with Crippen LogP contribution in [0.25, 0.3) is 0 Å². The second-order valence-electron chi connectivity index (χ2n) is 6.97. The van der Waals surface area contributed by atoms with Gasteiger partial charge in [-0.15, -0.1) is 0 Å². The summed E-state index contributed by atoms with van der Waals surface area (Å²) >= 11 is 0. The maximum atomic E-state index is 12.8. The lowest BCUT2D eigenvalue weighted by molar-refractivity contribution is 0.143. The summed E-state index contributed by atoms with van der Waals surface area (Å²) in [6.07, 6.45) is 3.67. The van der Waals surface area contributed by atoms with Gasteiger partial charge in [0, 0.05) is 45.1 Å². The summed E-state index contributed by atoms with van der Waals surface area (Å²) in [5, 5.41) is 3.00. The van der Waals surface area contributed by atoms with E-state index in [2.05, 4.69) is 21.3 Å². The number of benzene rings is 2. The summed E-state index contributed by atoms with van der Waals surface area (Å²) in [4.78, 5) is 21.1. The number of nitrogens with zero attached hydrogens (tertiary/aromatic N) is 3. The maximum Gasteiger partial charge on any atom is 0.322 e. The lowest BCUT2D eigenvalue weighted by Crippen LogP contribution is -2.49. The van der Waals surface area contributed by atoms with E-state index in [-0.39, 0.29) is 6.03 Å². The van der Waals surface area contributed by atoms with Crippen molar-refractivity contribution < 1.29 is 9.53 Å². The Hall–Kier alpha value is -3.38. The molecule has 2 heterocycles. The number of ether oxygens (including phenoxy) is 1. The van der Waals surface area contributed by atoms with Crippen molar-refractivity contribution in [3.63, 3.8) is 0 Å². The molecule has 0 atom stereocenters. The van der Waals surface area contributed by atoms with Gasteiger partial charge >= 0.3 is 6.03 Å². The number of carbonyl (C=O) groups is 1. The lowest BCUT2D eigenvalue weighted by Gasteiger charge is -2.34. The Kier molecular flexibility index (Phi) is 6.02. The number of anilines is 1. The van der Waals surface area contributed by atoms with Crippen molar-refractivity contribution in [1.82, 2.24) is 14.8 Å². The molecule has 3 aromatic rings. The van der Waals surface area contributed by atoms with E-state index >= 15 is 0 Å². The molecule has 1 aliphatic rings. The zero-order valence-electron chi connectivity index (χ0n) is 16.2. The molecule has 1 aromatic heterocycles. The van der Waals surface area contributed by atoms with Crippen LogP contribution in [0.1, 0.15) is 5.56 Å². The highest BCUT2D eigenvalue weighted by Crippen LogP contribution is 2.29. The monoisotopic (exact) mass is 388 g/mol. The Morgan fingerprint density at radius 2 is 1.69 bits per heavy atom. The maximum absolute atomic E-state index is 12.8. The van der Waals surface area contributed by atoms with E-state index in [0.717, 1.165) is 25.4 Å². The topological polar surface area (TPSA) is 57.7 Å². The molecule has 6 heteroatoms. The van der Waals surface area contributed by atoms with Crippen LogP contribution in [0.5, 0.6) is 11.5 Å². The van der Waals surface area contributed by atoms with Gasteiger partial charge in [-0.1, -0.05) is 36.4 Å². The SMILES string of the molecule is O=C(Nc1ccccc1Oc1ccccc1)N1CCN(Cc2cccnc2)CC1. The van der Waals surface area contributed by atoms with Crippen LogP contribution >= 0.6 is 0 Å². The molecule has 4 rings (SSSR count). The highest BCUT2D eigenvalue weighted by atomic mass is 16.5. The molecule has 29 heavy (non-hydrogen) atoms. The fraction of sp³-hybridized carbons (Fsp3) is 0.217. The van der Waals surface area contributed by atoms with Crippen molar-refractivity contribution in [2.24, 2.45) is 0 Å². The summed E-state index contributed by atoms with van der Waals surface area (Å²) in [5.74, 6) is 1.36. The van der Waals surface area contributed by atoms with E-state index in [9.17, 15) is 4.79 Å². The van der Waals surface area contributed by atoms with Gasteiger partial charge in [-0.25, -0.2) is 4.79 Å². The number of para-hydroxylation sites is 3. The van der Waals surface area contributed by atoms with Crippen LogP contribution < -0.4 is 10.1 Å². The third-order valence-corrected chi connectivity index (χ3v) is 4.89. The Balaban J connectivity index is 1.33. The van der Waals surface area contributed by atoms with Gasteiger partial charge in [0.25, 0.3) is 0 Å². The van der Waals surface area contributed by atoms with Gasteiger partial charge in [0.15, 0.2) is 5.75 Å². The van der Waals surface area contributed by atoms with E-state index in [4.69, 9.17) is 4.74 Å². The number of pyridine rings is 1. The normalized spacial score (nSPS) is 14.4. The first-order chi connectivity index (χ1) is 14.3. The van der Waals surface area contributed by atoms with Crippen molar-refractivity contribution in [2.45, 2.75) is 6.54 Å². The van der Waals surface area contributed by atoms with Crippen molar-refractivity contribution in [1.29, 1.82) is 0 Å². The molecule has 1 aliphatic heterocycles. The van der Waals surface area contributed by atoms with E-state index in [1.54, 1.807) is 6.20 Å². The number of nitrogens with one attached hydrogen (secondary N) is 1. The number of hydrogen-bond acceptors (Lipinski definition) is 4. The Morgan fingerprint density at radius 3 is 2.45 bits per heavy atom. The molecule has 0 aliphatic carbocycles. The van der Waals surface area contributed by atoms with Gasteiger partial charge in [0.1, 0.15) is 5.75 Å². The van der Waals surface area contributed by atoms with E-state index in [1.807, 2.05) is 71.8 Å². The number of piperazine rings is 1. The van der Waals surface area contributed by atoms with E-state index in [1.165, 1.54) is 5.56 Å². The van der Waals surface area contributed by atoms with Crippen molar-refractivity contribution in [3.05, 3.63) is 84.7 Å². The standard InChI is InChI=1S/C23H24N4O2/c28-23(27-15-13-26(14-16-27)18-19-7-6-12-24-17-19)25-21-10-4-5-11-22(21)29-20-8-2-1-3-9-20/h1-12,17H,13-16,18H2,(H,25,28). The van der Waals surface area contributed by atoms with Gasteiger partial charge < -0.3 is 15.0 Å². The van der Waals surface area contributed by atoms with Crippen LogP contribution in [0.4, 0.5) is 10.5 Å². The molecule has 2 amide bonds. The van der Waals surface area contributed by atoms with Crippen LogP contribution in [-0.2, 0) is 6.54 Å². The predicted molar refractivity (Wildman–Crippen MR) is 113 cm³/mol. The van der Waals surface area contributed by atoms with Crippen LogP contribution in [0.15, 0.2) is 79.1 Å². The molecular formula is C23H24N4O2. The van der Waals surface area contributed by atoms with E-state index < -0.39 is 0 Å². The van der Waals surface area contributed by atoms with Crippen LogP contribution in [-0.4, -0.2) is 47.0 Å². The summed E-state index contributed by atoms with van der Waals surface area (Å²) in [5.41, 5.74) is 1.86. The first kappa shape index (κ1) is 19.0. The molecule has 2 aromatic carbocycles. The molecule has 6 nitrogen and oxygen atoms in total. The number of amides is 2.